The van der Waals surface area contributed by atoms with E-state index in [1.165, 1.54) is 0 Å². The predicted octanol–water partition coefficient (Wildman–Crippen LogP) is 2.24. The molecule has 4 nitrogen and oxygen atoms in total. The smallest absolute Gasteiger partial charge is 0.303 e. The van der Waals surface area contributed by atoms with E-state index in [0.29, 0.717) is 6.42 Å². The molecule has 16 heavy (non-hydrogen) atoms. The highest BCUT2D eigenvalue weighted by Gasteiger charge is 2.05. The zero-order valence-corrected chi connectivity index (χ0v) is 8.68. The van der Waals surface area contributed by atoms with Crippen molar-refractivity contribution in [3.05, 3.63) is 41.7 Å². The Hall–Kier alpha value is -2.10. The molecule has 1 aliphatic rings. The van der Waals surface area contributed by atoms with Gasteiger partial charge in [0.1, 0.15) is 0 Å². The first-order chi connectivity index (χ1) is 7.75. The van der Waals surface area contributed by atoms with E-state index in [0.717, 1.165) is 16.9 Å². The van der Waals surface area contributed by atoms with E-state index >= 15 is 0 Å². The number of nitrogens with one attached hydrogen (secondary N) is 1. The summed E-state index contributed by atoms with van der Waals surface area (Å²) in [4.78, 5) is 14.7. The summed E-state index contributed by atoms with van der Waals surface area (Å²) in [5.74, 6) is -0.808. The molecule has 0 bridgehead atoms. The van der Waals surface area contributed by atoms with Crippen LogP contribution in [0.25, 0.3) is 0 Å². The van der Waals surface area contributed by atoms with Crippen molar-refractivity contribution in [3.8, 4) is 0 Å². The molecular formula is C12H12N2O2. The first kappa shape index (κ1) is 10.4. The number of nitrogens with zero attached hydrogens (tertiary/aromatic N) is 1. The lowest BCUT2D eigenvalue weighted by atomic mass is 10.2. The molecule has 0 amide bonds. The Balaban J connectivity index is 2.12. The number of carbonyl (C=O) groups is 1. The van der Waals surface area contributed by atoms with Gasteiger partial charge in [0.2, 0.25) is 0 Å². The van der Waals surface area contributed by atoms with Crippen molar-refractivity contribution < 1.29 is 9.90 Å². The van der Waals surface area contributed by atoms with E-state index in [9.17, 15) is 4.79 Å². The maximum atomic E-state index is 10.4. The minimum absolute atomic E-state index is 0.0984. The molecule has 1 aromatic carbocycles. The largest absolute Gasteiger partial charge is 0.481 e. The van der Waals surface area contributed by atoms with Gasteiger partial charge in [-0.25, -0.2) is 0 Å². The van der Waals surface area contributed by atoms with E-state index in [2.05, 4.69) is 10.3 Å². The minimum Gasteiger partial charge on any atom is -0.481 e. The minimum atomic E-state index is -0.808. The van der Waals surface area contributed by atoms with Gasteiger partial charge in [-0.05, 0) is 6.07 Å². The summed E-state index contributed by atoms with van der Waals surface area (Å²) in [6, 6.07) is 7.79. The third-order valence-electron chi connectivity index (χ3n) is 2.32. The van der Waals surface area contributed by atoms with Gasteiger partial charge < -0.3 is 10.4 Å². The number of hydrogen-bond donors (Lipinski definition) is 2. The Morgan fingerprint density at radius 3 is 3.00 bits per heavy atom. The summed E-state index contributed by atoms with van der Waals surface area (Å²) >= 11 is 0. The van der Waals surface area contributed by atoms with Crippen LogP contribution in [0.5, 0.6) is 0 Å². The molecule has 0 fully saturated rings. The van der Waals surface area contributed by atoms with E-state index in [4.69, 9.17) is 5.11 Å². The Morgan fingerprint density at radius 2 is 2.19 bits per heavy atom. The monoisotopic (exact) mass is 216 g/mol. The average Bonchev–Trinajstić information content (AvgIpc) is 2.49. The van der Waals surface area contributed by atoms with Gasteiger partial charge in [-0.2, -0.15) is 0 Å². The fourth-order valence-electron chi connectivity index (χ4n) is 1.46. The molecule has 2 rings (SSSR count). The Morgan fingerprint density at radius 1 is 1.38 bits per heavy atom. The Kier molecular flexibility index (Phi) is 3.00. The second-order valence-electron chi connectivity index (χ2n) is 3.52. The molecule has 0 spiro atoms. The van der Waals surface area contributed by atoms with Crippen LogP contribution < -0.4 is 5.32 Å². The molecule has 1 heterocycles. The van der Waals surface area contributed by atoms with Crippen LogP contribution in [-0.4, -0.2) is 17.3 Å². The fraction of sp³-hybridized carbons (Fsp3) is 0.167. The maximum Gasteiger partial charge on any atom is 0.303 e. The molecule has 0 aromatic heterocycles. The summed E-state index contributed by atoms with van der Waals surface area (Å²) < 4.78 is 0. The lowest BCUT2D eigenvalue weighted by Gasteiger charge is -2.01. The molecule has 0 atom stereocenters. The van der Waals surface area contributed by atoms with E-state index < -0.39 is 5.97 Å². The van der Waals surface area contributed by atoms with Crippen LogP contribution in [-0.2, 0) is 4.79 Å². The van der Waals surface area contributed by atoms with Crippen LogP contribution in [0.1, 0.15) is 18.4 Å². The molecule has 2 N–H and O–H groups in total. The van der Waals surface area contributed by atoms with Crippen LogP contribution >= 0.6 is 0 Å². The Bertz CT molecular complexity index is 464. The topological polar surface area (TPSA) is 61.7 Å². The summed E-state index contributed by atoms with van der Waals surface area (Å²) in [5, 5.41) is 11.7. The molecule has 82 valence electrons. The second-order valence-corrected chi connectivity index (χ2v) is 3.52. The molecule has 0 saturated carbocycles. The van der Waals surface area contributed by atoms with E-state index in [-0.39, 0.29) is 6.42 Å². The molecule has 1 aromatic rings. The summed E-state index contributed by atoms with van der Waals surface area (Å²) in [5.41, 5.74) is 2.74. The highest BCUT2D eigenvalue weighted by atomic mass is 16.4. The number of carboxylic acids is 1. The van der Waals surface area contributed by atoms with Gasteiger partial charge in [0.05, 0.1) is 12.1 Å². The van der Waals surface area contributed by atoms with Gasteiger partial charge in [-0.1, -0.05) is 18.2 Å². The molecule has 0 saturated heterocycles. The normalized spacial score (nSPS) is 13.4. The molecule has 0 radical (unpaired) electrons. The van der Waals surface area contributed by atoms with Crippen molar-refractivity contribution in [2.45, 2.75) is 12.8 Å². The number of carboxylic acid groups (broad SMARTS) is 1. The summed E-state index contributed by atoms with van der Waals surface area (Å²) in [6.07, 6.45) is 4.04. The van der Waals surface area contributed by atoms with Crippen LogP contribution in [0, 0.1) is 0 Å². The molecular weight excluding hydrogens is 204 g/mol. The van der Waals surface area contributed by atoms with Gasteiger partial charge in [-0.15, -0.1) is 0 Å². The number of anilines is 1. The number of allylic oxidation sites excluding steroid dienone is 1. The van der Waals surface area contributed by atoms with Gasteiger partial charge >= 0.3 is 5.97 Å². The third kappa shape index (κ3) is 2.48. The highest BCUT2D eigenvalue weighted by Crippen LogP contribution is 2.18. The number of benzene rings is 1. The van der Waals surface area contributed by atoms with Crippen molar-refractivity contribution in [2.24, 2.45) is 4.99 Å². The van der Waals surface area contributed by atoms with Gasteiger partial charge in [-0.3, -0.25) is 9.79 Å². The van der Waals surface area contributed by atoms with Gasteiger partial charge in [0.15, 0.2) is 0 Å². The average molecular weight is 216 g/mol. The SMILES string of the molecule is O=C(O)CCC1=CNc2ccccc2C=N1. The molecule has 4 heteroatoms. The summed E-state index contributed by atoms with van der Waals surface area (Å²) in [7, 11) is 0. The highest BCUT2D eigenvalue weighted by molar-refractivity contribution is 5.89. The second kappa shape index (κ2) is 4.61. The fourth-order valence-corrected chi connectivity index (χ4v) is 1.46. The zero-order valence-electron chi connectivity index (χ0n) is 8.68. The van der Waals surface area contributed by atoms with Gasteiger partial charge in [0, 0.05) is 30.1 Å². The van der Waals surface area contributed by atoms with E-state index in [1.54, 1.807) is 12.4 Å². The molecule has 0 aliphatic carbocycles. The Labute approximate surface area is 93.3 Å². The number of fused-ring (bicyclic) bond motifs is 1. The van der Waals surface area contributed by atoms with Crippen LogP contribution in [0.15, 0.2) is 41.2 Å². The van der Waals surface area contributed by atoms with Gasteiger partial charge in [0.25, 0.3) is 0 Å². The molecule has 1 aliphatic heterocycles. The van der Waals surface area contributed by atoms with Crippen LogP contribution in [0.2, 0.25) is 0 Å². The number of aliphatic imine (C=N–C) groups is 1. The lowest BCUT2D eigenvalue weighted by Crippen LogP contribution is -1.96. The number of hydrogen-bond acceptors (Lipinski definition) is 3. The number of rotatable bonds is 3. The van der Waals surface area contributed by atoms with Crippen molar-refractivity contribution in [3.63, 3.8) is 0 Å². The summed E-state index contributed by atoms with van der Waals surface area (Å²) in [6.45, 7) is 0. The van der Waals surface area contributed by atoms with E-state index in [1.807, 2.05) is 24.3 Å². The maximum absolute atomic E-state index is 10.4. The number of aliphatic carboxylic acids is 1. The van der Waals surface area contributed by atoms with Crippen LogP contribution in [0.4, 0.5) is 5.69 Å². The lowest BCUT2D eigenvalue weighted by molar-refractivity contribution is -0.136. The standard InChI is InChI=1S/C12H12N2O2/c15-12(16)6-5-10-8-14-11-4-2-1-3-9(11)7-13-10/h1-4,7-8,14H,5-6H2,(H,15,16). The molecule has 0 unspecified atom stereocenters. The number of para-hydroxylation sites is 1. The van der Waals surface area contributed by atoms with Crippen molar-refractivity contribution >= 4 is 17.9 Å². The van der Waals surface area contributed by atoms with Crippen LogP contribution in [0.3, 0.4) is 0 Å². The van der Waals surface area contributed by atoms with Crippen molar-refractivity contribution in [1.29, 1.82) is 0 Å². The zero-order chi connectivity index (χ0) is 11.4. The van der Waals surface area contributed by atoms with Crippen molar-refractivity contribution in [2.75, 3.05) is 5.32 Å². The predicted molar refractivity (Wildman–Crippen MR) is 62.6 cm³/mol. The first-order valence-corrected chi connectivity index (χ1v) is 5.06. The third-order valence-corrected chi connectivity index (χ3v) is 2.32. The quantitative estimate of drug-likeness (QED) is 0.814. The van der Waals surface area contributed by atoms with Crippen molar-refractivity contribution in [1.82, 2.24) is 0 Å². The first-order valence-electron chi connectivity index (χ1n) is 5.06.